The molecule has 0 amide bonds. The molecule has 0 aromatic carbocycles. The highest BCUT2D eigenvalue weighted by Crippen LogP contribution is 2.35. The van der Waals surface area contributed by atoms with Gasteiger partial charge in [0.25, 0.3) is 0 Å². The minimum atomic E-state index is -3.04. The van der Waals surface area contributed by atoms with Crippen molar-refractivity contribution in [1.29, 1.82) is 0 Å². The van der Waals surface area contributed by atoms with Crippen molar-refractivity contribution in [1.82, 2.24) is 14.5 Å². The fraction of sp³-hybridized carbons (Fsp3) is 0.846. The second-order valence-corrected chi connectivity index (χ2v) is 8.26. The van der Waals surface area contributed by atoms with Gasteiger partial charge in [-0.3, -0.25) is 0 Å². The summed E-state index contributed by atoms with van der Waals surface area (Å²) in [7, 11) is -3.04. The topological polar surface area (TPSA) is 76.3 Å². The molecule has 0 radical (unpaired) electrons. The molecule has 7 heteroatoms. The Hall–Kier alpha value is -0.950. The van der Waals surface area contributed by atoms with Gasteiger partial charge in [-0.1, -0.05) is 13.8 Å². The molecule has 1 saturated heterocycles. The molecule has 0 atom stereocenters. The number of rotatable bonds is 4. The average molecular weight is 299 g/mol. The summed E-state index contributed by atoms with van der Waals surface area (Å²) in [5.41, 5.74) is 0. The molecule has 6 nitrogen and oxygen atoms in total. The summed E-state index contributed by atoms with van der Waals surface area (Å²) in [5.74, 6) is 1.75. The van der Waals surface area contributed by atoms with E-state index >= 15 is 0 Å². The molecular formula is C13H21N3O3S. The Bertz CT molecular complexity index is 569. The molecule has 1 aliphatic carbocycles. The largest absolute Gasteiger partial charge is 0.425 e. The lowest BCUT2D eigenvalue weighted by Gasteiger charge is -2.29. The van der Waals surface area contributed by atoms with E-state index in [1.54, 1.807) is 4.31 Å². The maximum atomic E-state index is 12.2. The zero-order chi connectivity index (χ0) is 14.3. The van der Waals surface area contributed by atoms with E-state index in [-0.39, 0.29) is 17.1 Å². The Morgan fingerprint density at radius 2 is 1.80 bits per heavy atom. The van der Waals surface area contributed by atoms with E-state index in [2.05, 4.69) is 10.2 Å². The lowest BCUT2D eigenvalue weighted by molar-refractivity contribution is 0.284. The van der Waals surface area contributed by atoms with Crippen LogP contribution in [0, 0.1) is 0 Å². The highest BCUT2D eigenvalue weighted by molar-refractivity contribution is 7.90. The molecule has 1 saturated carbocycles. The van der Waals surface area contributed by atoms with Crippen LogP contribution >= 0.6 is 0 Å². The van der Waals surface area contributed by atoms with Crippen LogP contribution in [0.3, 0.4) is 0 Å². The normalized spacial score (nSPS) is 22.6. The summed E-state index contributed by atoms with van der Waals surface area (Å²) in [6, 6.07) is 0. The molecule has 2 heterocycles. The standard InChI is InChI=1S/C13H21N3O3S/c1-9(2)12-14-15-13(19-12)10-5-7-16(8-6-10)20(17,18)11-3-4-11/h9-11H,3-8H2,1-2H3. The van der Waals surface area contributed by atoms with Crippen LogP contribution in [0.15, 0.2) is 4.42 Å². The van der Waals surface area contributed by atoms with Crippen molar-refractivity contribution in [3.05, 3.63) is 11.8 Å². The third-order valence-corrected chi connectivity index (χ3v) is 6.46. The van der Waals surface area contributed by atoms with Crippen LogP contribution in [0.1, 0.15) is 63.1 Å². The number of aromatic nitrogens is 2. The summed E-state index contributed by atoms with van der Waals surface area (Å²) in [6.07, 6.45) is 3.19. The van der Waals surface area contributed by atoms with Crippen molar-refractivity contribution in [3.8, 4) is 0 Å². The molecule has 1 aromatic rings. The second kappa shape index (κ2) is 5.11. The molecule has 0 unspecified atom stereocenters. The summed E-state index contributed by atoms with van der Waals surface area (Å²) in [4.78, 5) is 0. The average Bonchev–Trinajstić information content (AvgIpc) is 3.17. The summed E-state index contributed by atoms with van der Waals surface area (Å²) < 4.78 is 31.6. The summed E-state index contributed by atoms with van der Waals surface area (Å²) in [5, 5.41) is 8.04. The van der Waals surface area contributed by atoms with E-state index in [9.17, 15) is 8.42 Å². The van der Waals surface area contributed by atoms with Crippen LogP contribution < -0.4 is 0 Å². The van der Waals surface area contributed by atoms with Crippen molar-refractivity contribution in [2.75, 3.05) is 13.1 Å². The second-order valence-electron chi connectivity index (χ2n) is 6.05. The first kappa shape index (κ1) is 14.0. The van der Waals surface area contributed by atoms with Gasteiger partial charge >= 0.3 is 0 Å². The minimum absolute atomic E-state index is 0.116. The first-order valence-corrected chi connectivity index (χ1v) is 8.81. The number of piperidine rings is 1. The van der Waals surface area contributed by atoms with Crippen LogP contribution in [0.25, 0.3) is 0 Å². The fourth-order valence-electron chi connectivity index (χ4n) is 2.58. The molecular weight excluding hydrogens is 278 g/mol. The van der Waals surface area contributed by atoms with Crippen LogP contribution in [0.4, 0.5) is 0 Å². The van der Waals surface area contributed by atoms with Crippen LogP contribution in [0.5, 0.6) is 0 Å². The number of hydrogen-bond acceptors (Lipinski definition) is 5. The van der Waals surface area contributed by atoms with E-state index < -0.39 is 10.0 Å². The van der Waals surface area contributed by atoms with Crippen molar-refractivity contribution in [2.45, 2.75) is 56.6 Å². The van der Waals surface area contributed by atoms with Gasteiger partial charge in [-0.05, 0) is 25.7 Å². The first-order valence-electron chi connectivity index (χ1n) is 7.30. The summed E-state index contributed by atoms with van der Waals surface area (Å²) >= 11 is 0. The Kier molecular flexibility index (Phi) is 3.58. The molecule has 1 aromatic heterocycles. The molecule has 20 heavy (non-hydrogen) atoms. The molecule has 2 fully saturated rings. The van der Waals surface area contributed by atoms with E-state index in [0.717, 1.165) is 25.7 Å². The van der Waals surface area contributed by atoms with Crippen molar-refractivity contribution < 1.29 is 12.8 Å². The Morgan fingerprint density at radius 3 is 2.30 bits per heavy atom. The van der Waals surface area contributed by atoms with E-state index in [1.165, 1.54) is 0 Å². The lowest BCUT2D eigenvalue weighted by atomic mass is 9.98. The smallest absolute Gasteiger partial charge is 0.219 e. The molecule has 0 spiro atoms. The highest BCUT2D eigenvalue weighted by atomic mass is 32.2. The lowest BCUT2D eigenvalue weighted by Crippen LogP contribution is -2.39. The van der Waals surface area contributed by atoms with Gasteiger partial charge in [-0.25, -0.2) is 12.7 Å². The molecule has 0 bridgehead atoms. The Morgan fingerprint density at radius 1 is 1.15 bits per heavy atom. The number of hydrogen-bond donors (Lipinski definition) is 0. The van der Waals surface area contributed by atoms with Crippen molar-refractivity contribution >= 4 is 10.0 Å². The zero-order valence-electron chi connectivity index (χ0n) is 11.9. The first-order chi connectivity index (χ1) is 9.48. The van der Waals surface area contributed by atoms with E-state index in [4.69, 9.17) is 4.42 Å². The highest BCUT2D eigenvalue weighted by Gasteiger charge is 2.41. The van der Waals surface area contributed by atoms with Gasteiger partial charge in [0.05, 0.1) is 5.25 Å². The summed E-state index contributed by atoms with van der Waals surface area (Å²) in [6.45, 7) is 5.18. The van der Waals surface area contributed by atoms with Gasteiger partial charge in [0.2, 0.25) is 21.8 Å². The van der Waals surface area contributed by atoms with Gasteiger partial charge in [0.1, 0.15) is 0 Å². The number of nitrogens with zero attached hydrogens (tertiary/aromatic N) is 3. The van der Waals surface area contributed by atoms with Crippen molar-refractivity contribution in [3.63, 3.8) is 0 Å². The van der Waals surface area contributed by atoms with Gasteiger partial charge < -0.3 is 4.42 Å². The Labute approximate surface area is 119 Å². The monoisotopic (exact) mass is 299 g/mol. The predicted octanol–water partition coefficient (Wildman–Crippen LogP) is 1.86. The van der Waals surface area contributed by atoms with Gasteiger partial charge in [0, 0.05) is 24.9 Å². The SMILES string of the molecule is CC(C)c1nnc(C2CCN(S(=O)(=O)C3CC3)CC2)o1. The number of sulfonamides is 1. The van der Waals surface area contributed by atoms with Gasteiger partial charge in [0.15, 0.2) is 0 Å². The third-order valence-electron chi connectivity index (χ3n) is 4.06. The molecule has 2 aliphatic rings. The molecule has 112 valence electrons. The van der Waals surface area contributed by atoms with Crippen LogP contribution in [-0.2, 0) is 10.0 Å². The van der Waals surface area contributed by atoms with E-state index in [0.29, 0.717) is 24.9 Å². The maximum absolute atomic E-state index is 12.2. The van der Waals surface area contributed by atoms with E-state index in [1.807, 2.05) is 13.8 Å². The van der Waals surface area contributed by atoms with Crippen LogP contribution in [-0.4, -0.2) is 41.3 Å². The Balaban J connectivity index is 1.63. The molecule has 1 aliphatic heterocycles. The molecule has 3 rings (SSSR count). The maximum Gasteiger partial charge on any atom is 0.219 e. The predicted molar refractivity (Wildman–Crippen MR) is 73.9 cm³/mol. The quantitative estimate of drug-likeness (QED) is 0.848. The van der Waals surface area contributed by atoms with Gasteiger partial charge in [-0.2, -0.15) is 0 Å². The third kappa shape index (κ3) is 2.61. The fourth-order valence-corrected chi connectivity index (χ4v) is 4.45. The zero-order valence-corrected chi connectivity index (χ0v) is 12.8. The molecule has 0 N–H and O–H groups in total. The van der Waals surface area contributed by atoms with Crippen LogP contribution in [0.2, 0.25) is 0 Å². The van der Waals surface area contributed by atoms with Gasteiger partial charge in [-0.15, -0.1) is 10.2 Å². The van der Waals surface area contributed by atoms with Crippen molar-refractivity contribution in [2.24, 2.45) is 0 Å². The minimum Gasteiger partial charge on any atom is -0.425 e.